The zero-order valence-electron chi connectivity index (χ0n) is 25.5. The van der Waals surface area contributed by atoms with Gasteiger partial charge in [0.25, 0.3) is 5.91 Å². The molecule has 2 N–H and O–H groups in total. The van der Waals surface area contributed by atoms with Gasteiger partial charge in [0, 0.05) is 48.6 Å². The number of nitrogens with one attached hydrogen (secondary N) is 2. The number of carbonyl (C=O) groups excluding carboxylic acids is 3. The summed E-state index contributed by atoms with van der Waals surface area (Å²) in [4.78, 5) is 59.3. The van der Waals surface area contributed by atoms with Gasteiger partial charge in [0.1, 0.15) is 11.9 Å². The monoisotopic (exact) mass is 604 g/mol. The molecule has 3 aliphatic rings. The van der Waals surface area contributed by atoms with Crippen LogP contribution in [0.3, 0.4) is 0 Å². The predicted octanol–water partition coefficient (Wildman–Crippen LogP) is 4.43. The molecule has 11 nitrogen and oxygen atoms in total. The van der Waals surface area contributed by atoms with E-state index in [0.717, 1.165) is 60.2 Å². The van der Waals surface area contributed by atoms with Crippen molar-refractivity contribution in [1.29, 1.82) is 0 Å². The predicted molar refractivity (Wildman–Crippen MR) is 169 cm³/mol. The number of imide groups is 1. The first-order valence-electron chi connectivity index (χ1n) is 15.6. The lowest BCUT2D eigenvalue weighted by Crippen LogP contribution is -2.52. The molecule has 0 bridgehead atoms. The van der Waals surface area contributed by atoms with Crippen molar-refractivity contribution in [3.63, 3.8) is 0 Å². The summed E-state index contributed by atoms with van der Waals surface area (Å²) in [5, 5.41) is 7.75. The number of hydrogen-bond donors (Lipinski definition) is 2. The second kappa shape index (κ2) is 12.0. The van der Waals surface area contributed by atoms with Crippen molar-refractivity contribution in [2.45, 2.75) is 70.5 Å². The molecule has 0 spiro atoms. The lowest BCUT2D eigenvalue weighted by atomic mass is 9.92. The minimum absolute atomic E-state index is 0.183. The van der Waals surface area contributed by atoms with Crippen LogP contribution in [0.2, 0.25) is 0 Å². The summed E-state index contributed by atoms with van der Waals surface area (Å²) >= 11 is 0. The van der Waals surface area contributed by atoms with Crippen LogP contribution in [0, 0.1) is 0 Å². The fraction of sp³-hybridized carbons (Fsp3) is 0.382. The zero-order chi connectivity index (χ0) is 31.1. The van der Waals surface area contributed by atoms with Gasteiger partial charge in [0.2, 0.25) is 17.8 Å². The molecule has 3 aliphatic heterocycles. The molecule has 3 amide bonds. The van der Waals surface area contributed by atoms with Crippen molar-refractivity contribution in [1.82, 2.24) is 35.1 Å². The first-order chi connectivity index (χ1) is 21.8. The summed E-state index contributed by atoms with van der Waals surface area (Å²) in [6.45, 7) is 7.32. The number of carbonyl (C=O) groups is 3. The maximum atomic E-state index is 13.0. The van der Waals surface area contributed by atoms with Crippen molar-refractivity contribution in [2.24, 2.45) is 0 Å². The van der Waals surface area contributed by atoms with Gasteiger partial charge in [-0.3, -0.25) is 29.6 Å². The van der Waals surface area contributed by atoms with E-state index in [1.54, 1.807) is 4.90 Å². The van der Waals surface area contributed by atoms with Crippen molar-refractivity contribution < 1.29 is 14.4 Å². The molecule has 1 atom stereocenters. The van der Waals surface area contributed by atoms with Gasteiger partial charge in [-0.25, -0.2) is 15.0 Å². The minimum Gasteiger partial charge on any atom is -0.321 e. The van der Waals surface area contributed by atoms with Gasteiger partial charge in [-0.1, -0.05) is 26.0 Å². The highest BCUT2D eigenvalue weighted by Crippen LogP contribution is 2.32. The fourth-order valence-electron chi connectivity index (χ4n) is 6.50. The summed E-state index contributed by atoms with van der Waals surface area (Å²) in [6, 6.07) is 11.8. The smallest absolute Gasteiger partial charge is 0.256 e. The molecule has 4 aromatic rings. The van der Waals surface area contributed by atoms with E-state index in [0.29, 0.717) is 42.1 Å². The Bertz CT molecular complexity index is 1780. The largest absolute Gasteiger partial charge is 0.321 e. The molecule has 1 unspecified atom stereocenters. The molecule has 230 valence electrons. The number of rotatable bonds is 7. The summed E-state index contributed by atoms with van der Waals surface area (Å²) in [5.41, 5.74) is 4.64. The molecule has 45 heavy (non-hydrogen) atoms. The van der Waals surface area contributed by atoms with E-state index in [2.05, 4.69) is 62.5 Å². The summed E-state index contributed by atoms with van der Waals surface area (Å²) < 4.78 is 0. The molecule has 1 aromatic carbocycles. The molecule has 2 saturated heterocycles. The van der Waals surface area contributed by atoms with Gasteiger partial charge in [-0.15, -0.1) is 0 Å². The Morgan fingerprint density at radius 2 is 1.73 bits per heavy atom. The molecular formula is C34H36N8O3. The Morgan fingerprint density at radius 1 is 0.933 bits per heavy atom. The van der Waals surface area contributed by atoms with Crippen LogP contribution < -0.4 is 10.6 Å². The van der Waals surface area contributed by atoms with E-state index in [9.17, 15) is 14.4 Å². The molecule has 0 radical (unpaired) electrons. The van der Waals surface area contributed by atoms with Crippen LogP contribution in [0.1, 0.15) is 84.2 Å². The lowest BCUT2D eigenvalue weighted by molar-refractivity contribution is -0.136. The van der Waals surface area contributed by atoms with Gasteiger partial charge >= 0.3 is 0 Å². The van der Waals surface area contributed by atoms with Crippen LogP contribution in [0.25, 0.3) is 10.8 Å². The Kier molecular flexibility index (Phi) is 7.70. The SMILES string of the molecule is CC(C)c1cnc(Nc2cc3ccc(CN4CCC(c5ccc6c(n5)CN(C5CCC(=O)NC5=O)C6=O)CC4)cc3cn2)nc1. The number of nitrogens with zero attached hydrogens (tertiary/aromatic N) is 6. The van der Waals surface area contributed by atoms with Gasteiger partial charge in [0.15, 0.2) is 0 Å². The highest BCUT2D eigenvalue weighted by atomic mass is 16.2. The van der Waals surface area contributed by atoms with Gasteiger partial charge < -0.3 is 10.2 Å². The highest BCUT2D eigenvalue weighted by Gasteiger charge is 2.40. The highest BCUT2D eigenvalue weighted by molar-refractivity contribution is 6.05. The van der Waals surface area contributed by atoms with Crippen molar-refractivity contribution in [2.75, 3.05) is 18.4 Å². The van der Waals surface area contributed by atoms with Crippen LogP contribution in [0.15, 0.2) is 55.0 Å². The van der Waals surface area contributed by atoms with Crippen molar-refractivity contribution in [3.05, 3.63) is 83.1 Å². The second-order valence-electron chi connectivity index (χ2n) is 12.6. The molecular weight excluding hydrogens is 568 g/mol. The average Bonchev–Trinajstić information content (AvgIpc) is 3.36. The summed E-state index contributed by atoms with van der Waals surface area (Å²) in [5.74, 6) is 1.08. The molecule has 7 rings (SSSR count). The summed E-state index contributed by atoms with van der Waals surface area (Å²) in [7, 11) is 0. The molecule has 11 heteroatoms. The normalized spacial score (nSPS) is 19.3. The number of anilines is 2. The first-order valence-corrected chi connectivity index (χ1v) is 15.6. The third kappa shape index (κ3) is 6.00. The number of fused-ring (bicyclic) bond motifs is 2. The number of benzene rings is 1. The zero-order valence-corrected chi connectivity index (χ0v) is 25.5. The van der Waals surface area contributed by atoms with Crippen LogP contribution in [-0.4, -0.2) is 66.6 Å². The van der Waals surface area contributed by atoms with Crippen LogP contribution in [-0.2, 0) is 22.7 Å². The second-order valence-corrected chi connectivity index (χ2v) is 12.6. The van der Waals surface area contributed by atoms with Crippen LogP contribution >= 0.6 is 0 Å². The number of piperidine rings is 2. The van der Waals surface area contributed by atoms with Gasteiger partial charge in [-0.2, -0.15) is 0 Å². The van der Waals surface area contributed by atoms with E-state index in [-0.39, 0.29) is 18.2 Å². The number of likely N-dealkylation sites (tertiary alicyclic amines) is 1. The Labute approximate surface area is 261 Å². The van der Waals surface area contributed by atoms with E-state index in [1.165, 1.54) is 5.56 Å². The van der Waals surface area contributed by atoms with Crippen molar-refractivity contribution >= 4 is 40.3 Å². The maximum absolute atomic E-state index is 13.0. The molecule has 6 heterocycles. The maximum Gasteiger partial charge on any atom is 0.256 e. The van der Waals surface area contributed by atoms with E-state index in [4.69, 9.17) is 4.98 Å². The van der Waals surface area contributed by atoms with Crippen LogP contribution in [0.4, 0.5) is 11.8 Å². The molecule has 3 aromatic heterocycles. The number of aromatic nitrogens is 4. The Morgan fingerprint density at radius 3 is 2.49 bits per heavy atom. The Hall–Kier alpha value is -4.77. The quantitative estimate of drug-likeness (QED) is 0.294. The van der Waals surface area contributed by atoms with Crippen LogP contribution in [0.5, 0.6) is 0 Å². The first kappa shape index (κ1) is 29.0. The minimum atomic E-state index is -0.622. The van der Waals surface area contributed by atoms with E-state index >= 15 is 0 Å². The van der Waals surface area contributed by atoms with Gasteiger partial charge in [-0.05, 0) is 79.0 Å². The number of pyridine rings is 2. The Balaban J connectivity index is 0.948. The fourth-order valence-corrected chi connectivity index (χ4v) is 6.50. The third-order valence-corrected chi connectivity index (χ3v) is 9.17. The standard InChI is InChI=1S/C34H36N8O3/c1-20(2)25-16-36-34(37-17-25)39-30-14-23-4-3-21(13-24(23)15-35-30)18-41-11-9-22(10-12-41)27-6-5-26-28(38-27)19-42(33(26)45)29-7-8-31(43)40-32(29)44/h3-6,13-17,20,22,29H,7-12,18-19H2,1-2H3,(H,40,43,44)(H,35,36,37,39). The summed E-state index contributed by atoms with van der Waals surface area (Å²) in [6.07, 6.45) is 8.15. The molecule has 0 saturated carbocycles. The molecule has 2 fully saturated rings. The number of amides is 3. The average molecular weight is 605 g/mol. The lowest BCUT2D eigenvalue weighted by Gasteiger charge is -2.32. The number of hydrogen-bond acceptors (Lipinski definition) is 9. The van der Waals surface area contributed by atoms with E-state index < -0.39 is 11.9 Å². The van der Waals surface area contributed by atoms with E-state index in [1.807, 2.05) is 36.8 Å². The van der Waals surface area contributed by atoms with Gasteiger partial charge in [0.05, 0.1) is 17.8 Å². The topological polar surface area (TPSA) is 133 Å². The van der Waals surface area contributed by atoms with Crippen molar-refractivity contribution in [3.8, 4) is 0 Å². The third-order valence-electron chi connectivity index (χ3n) is 9.17. The molecule has 0 aliphatic carbocycles.